The lowest BCUT2D eigenvalue weighted by Gasteiger charge is -2.30. The number of carbonyl (C=O) groups is 1. The third kappa shape index (κ3) is 4.41. The number of nitrogen functional groups attached to an aromatic ring is 1. The number of nitrogens with zero attached hydrogens (tertiary/aromatic N) is 5. The Kier molecular flexibility index (Phi) is 6.83. The lowest BCUT2D eigenvalue weighted by atomic mass is 10.0. The first-order valence-electron chi connectivity index (χ1n) is 12.3. The fourth-order valence-corrected chi connectivity index (χ4v) is 5.12. The van der Waals surface area contributed by atoms with Gasteiger partial charge in [-0.25, -0.2) is 15.8 Å². The van der Waals surface area contributed by atoms with Crippen LogP contribution in [0.1, 0.15) is 47.7 Å². The Morgan fingerprint density at radius 1 is 1.08 bits per heavy atom. The molecule has 2 aromatic carbocycles. The van der Waals surface area contributed by atoms with Crippen LogP contribution in [0.5, 0.6) is 11.6 Å². The number of benzene rings is 2. The second-order valence-electron chi connectivity index (χ2n) is 9.54. The van der Waals surface area contributed by atoms with Crippen LogP contribution in [0.15, 0.2) is 54.7 Å². The number of anilines is 3. The summed E-state index contributed by atoms with van der Waals surface area (Å²) in [5, 5.41) is 1.99. The molecule has 1 aliphatic rings. The number of hydrazine groups is 1. The quantitative estimate of drug-likeness (QED) is 0.191. The molecule has 1 unspecified atom stereocenters. The van der Waals surface area contributed by atoms with Gasteiger partial charge in [0, 0.05) is 42.0 Å². The summed E-state index contributed by atoms with van der Waals surface area (Å²) in [5.41, 5.74) is 10.5. The highest BCUT2D eigenvalue weighted by atomic mass is 35.5. The molecule has 2 aromatic heterocycles. The number of hydrogen-bond acceptors (Lipinski definition) is 8. The first-order valence-corrected chi connectivity index (χ1v) is 12.7. The molecule has 4 aromatic rings. The second kappa shape index (κ2) is 10.1. The van der Waals surface area contributed by atoms with Crippen molar-refractivity contribution in [3.63, 3.8) is 0 Å². The van der Waals surface area contributed by atoms with Gasteiger partial charge in [0.05, 0.1) is 37.0 Å². The monoisotopic (exact) mass is 547 g/mol. The van der Waals surface area contributed by atoms with E-state index in [4.69, 9.17) is 37.6 Å². The molecular weight excluding hydrogens is 518 g/mol. The van der Waals surface area contributed by atoms with Crippen LogP contribution in [0.3, 0.4) is 0 Å². The Balaban J connectivity index is 1.76. The van der Waals surface area contributed by atoms with Crippen molar-refractivity contribution >= 4 is 34.6 Å². The Morgan fingerprint density at radius 3 is 2.36 bits per heavy atom. The topological polar surface area (TPSA) is 125 Å². The van der Waals surface area contributed by atoms with Crippen LogP contribution in [-0.4, -0.2) is 41.7 Å². The van der Waals surface area contributed by atoms with Gasteiger partial charge in [0.2, 0.25) is 5.88 Å². The van der Waals surface area contributed by atoms with E-state index in [2.05, 4.69) is 23.4 Å². The van der Waals surface area contributed by atoms with E-state index in [1.165, 1.54) is 12.1 Å². The van der Waals surface area contributed by atoms with Crippen LogP contribution < -0.4 is 31.0 Å². The standard InChI is InChI=1S/C28H30ClN7O3/c1-15(2)35-26-24(33-27(35)17-8-11-22(39-5)32-14-17)28(37)36(25(26)16-6-9-18(29)10-7-16)19-12-20(34(3)31)23(30)21(13-19)38-4/h6-15,25H,30-31H2,1-5H3. The summed E-state index contributed by atoms with van der Waals surface area (Å²) in [4.78, 5) is 25.1. The highest BCUT2D eigenvalue weighted by Crippen LogP contribution is 2.47. The molecule has 39 heavy (non-hydrogen) atoms. The number of methoxy groups -OCH3 is 2. The lowest BCUT2D eigenvalue weighted by Crippen LogP contribution is -2.31. The molecule has 0 spiro atoms. The van der Waals surface area contributed by atoms with Crippen molar-refractivity contribution in [2.24, 2.45) is 5.84 Å². The molecule has 10 nitrogen and oxygen atoms in total. The minimum absolute atomic E-state index is 0.0207. The summed E-state index contributed by atoms with van der Waals surface area (Å²) < 4.78 is 12.8. The van der Waals surface area contributed by atoms with E-state index < -0.39 is 6.04 Å². The van der Waals surface area contributed by atoms with Crippen LogP contribution in [0.25, 0.3) is 11.4 Å². The Morgan fingerprint density at radius 2 is 1.79 bits per heavy atom. The molecule has 1 aliphatic heterocycles. The molecular formula is C28H30ClN7O3. The zero-order valence-electron chi connectivity index (χ0n) is 22.3. The normalized spacial score (nSPS) is 14.6. The second-order valence-corrected chi connectivity index (χ2v) is 9.98. The molecule has 202 valence electrons. The highest BCUT2D eigenvalue weighted by Gasteiger charge is 2.45. The van der Waals surface area contributed by atoms with Gasteiger partial charge in [0.1, 0.15) is 17.6 Å². The summed E-state index contributed by atoms with van der Waals surface area (Å²) in [6, 6.07) is 14.1. The molecule has 0 aliphatic carbocycles. The summed E-state index contributed by atoms with van der Waals surface area (Å²) in [5.74, 6) is 7.37. The molecule has 11 heteroatoms. The Bertz CT molecular complexity index is 1530. The summed E-state index contributed by atoms with van der Waals surface area (Å²) in [6.45, 7) is 4.12. The van der Waals surface area contributed by atoms with Crippen LogP contribution in [0, 0.1) is 0 Å². The van der Waals surface area contributed by atoms with E-state index in [9.17, 15) is 4.79 Å². The Hall–Kier alpha value is -4.28. The predicted molar refractivity (Wildman–Crippen MR) is 152 cm³/mol. The highest BCUT2D eigenvalue weighted by molar-refractivity contribution is 6.30. The van der Waals surface area contributed by atoms with E-state index in [0.29, 0.717) is 45.2 Å². The van der Waals surface area contributed by atoms with Crippen molar-refractivity contribution < 1.29 is 14.3 Å². The number of amides is 1. The van der Waals surface area contributed by atoms with E-state index in [-0.39, 0.29) is 11.9 Å². The number of aromatic nitrogens is 3. The molecule has 5 rings (SSSR count). The van der Waals surface area contributed by atoms with Gasteiger partial charge in [-0.15, -0.1) is 0 Å². The molecule has 0 fully saturated rings. The van der Waals surface area contributed by atoms with E-state index >= 15 is 0 Å². The van der Waals surface area contributed by atoms with Gasteiger partial charge in [-0.3, -0.25) is 9.69 Å². The van der Waals surface area contributed by atoms with Gasteiger partial charge in [-0.05, 0) is 43.7 Å². The minimum Gasteiger partial charge on any atom is -0.494 e. The summed E-state index contributed by atoms with van der Waals surface area (Å²) in [7, 11) is 4.77. The molecule has 0 radical (unpaired) electrons. The smallest absolute Gasteiger partial charge is 0.279 e. The van der Waals surface area contributed by atoms with E-state index in [1.807, 2.05) is 30.3 Å². The SMILES string of the molecule is COc1ccc(-c2nc3c(n2C(C)C)C(c2ccc(Cl)cc2)N(c2cc(OC)c(N)c(N(C)N)c2)C3=O)cn1. The van der Waals surface area contributed by atoms with Crippen LogP contribution >= 0.6 is 11.6 Å². The van der Waals surface area contributed by atoms with Gasteiger partial charge < -0.3 is 24.8 Å². The fourth-order valence-electron chi connectivity index (χ4n) is 4.99. The minimum atomic E-state index is -0.510. The van der Waals surface area contributed by atoms with Gasteiger partial charge in [-0.1, -0.05) is 23.7 Å². The molecule has 1 atom stereocenters. The van der Waals surface area contributed by atoms with Gasteiger partial charge >= 0.3 is 0 Å². The van der Waals surface area contributed by atoms with E-state index in [0.717, 1.165) is 16.8 Å². The van der Waals surface area contributed by atoms with Crippen molar-refractivity contribution in [2.45, 2.75) is 25.9 Å². The number of hydrogen-bond donors (Lipinski definition) is 2. The predicted octanol–water partition coefficient (Wildman–Crippen LogP) is 4.84. The van der Waals surface area contributed by atoms with Gasteiger partial charge in [0.25, 0.3) is 5.91 Å². The van der Waals surface area contributed by atoms with Crippen molar-refractivity contribution in [1.82, 2.24) is 14.5 Å². The number of rotatable bonds is 7. The number of carbonyl (C=O) groups excluding carboxylic acids is 1. The maximum atomic E-state index is 14.2. The summed E-state index contributed by atoms with van der Waals surface area (Å²) >= 11 is 6.24. The van der Waals surface area contributed by atoms with Crippen LogP contribution in [0.2, 0.25) is 5.02 Å². The third-order valence-electron chi connectivity index (χ3n) is 6.78. The molecule has 1 amide bonds. The molecule has 0 saturated heterocycles. The average Bonchev–Trinajstić information content (AvgIpc) is 3.44. The molecule has 4 N–H and O–H groups in total. The maximum absolute atomic E-state index is 14.2. The first-order chi connectivity index (χ1) is 18.7. The van der Waals surface area contributed by atoms with Crippen molar-refractivity contribution in [1.29, 1.82) is 0 Å². The molecule has 3 heterocycles. The van der Waals surface area contributed by atoms with Crippen molar-refractivity contribution in [2.75, 3.05) is 36.9 Å². The number of ether oxygens (including phenoxy) is 2. The lowest BCUT2D eigenvalue weighted by molar-refractivity contribution is 0.0989. The largest absolute Gasteiger partial charge is 0.494 e. The molecule has 0 bridgehead atoms. The number of fused-ring (bicyclic) bond motifs is 1. The van der Waals surface area contributed by atoms with Crippen molar-refractivity contribution in [3.05, 3.63) is 76.7 Å². The zero-order chi connectivity index (χ0) is 28.0. The average molecular weight is 548 g/mol. The number of halogens is 1. The van der Waals surface area contributed by atoms with E-state index in [1.54, 1.807) is 43.5 Å². The van der Waals surface area contributed by atoms with Crippen molar-refractivity contribution in [3.8, 4) is 23.0 Å². The third-order valence-corrected chi connectivity index (χ3v) is 7.03. The number of imidazole rings is 1. The maximum Gasteiger partial charge on any atom is 0.279 e. The molecule has 0 saturated carbocycles. The first kappa shape index (κ1) is 26.3. The van der Waals surface area contributed by atoms with Crippen LogP contribution in [0.4, 0.5) is 17.1 Å². The van der Waals surface area contributed by atoms with Crippen LogP contribution in [-0.2, 0) is 0 Å². The number of pyridine rings is 1. The van der Waals surface area contributed by atoms with Gasteiger partial charge in [-0.2, -0.15) is 0 Å². The summed E-state index contributed by atoms with van der Waals surface area (Å²) in [6.07, 6.45) is 1.70. The Labute approximate surface area is 231 Å². The number of nitrogens with two attached hydrogens (primary N) is 2. The van der Waals surface area contributed by atoms with Gasteiger partial charge in [0.15, 0.2) is 5.69 Å². The zero-order valence-corrected chi connectivity index (χ0v) is 23.1. The fraction of sp³-hybridized carbons (Fsp3) is 0.250.